The highest BCUT2D eigenvalue weighted by molar-refractivity contribution is 5.99. The van der Waals surface area contributed by atoms with E-state index in [1.54, 1.807) is 13.2 Å². The number of carbonyl (C=O) groups excluding carboxylic acids is 1. The van der Waals surface area contributed by atoms with Crippen molar-refractivity contribution in [2.45, 2.75) is 52.6 Å². The van der Waals surface area contributed by atoms with Crippen LogP contribution < -0.4 is 25.6 Å². The normalized spacial score (nSPS) is 16.5. The third-order valence-corrected chi connectivity index (χ3v) is 6.82. The fraction of sp³-hybridized carbons (Fsp3) is 0.387. The highest BCUT2D eigenvalue weighted by Gasteiger charge is 2.27. The van der Waals surface area contributed by atoms with Crippen LogP contribution in [0.4, 0.5) is 22.7 Å². The van der Waals surface area contributed by atoms with Crippen molar-refractivity contribution in [3.8, 4) is 5.75 Å². The van der Waals surface area contributed by atoms with Gasteiger partial charge in [0.1, 0.15) is 11.9 Å². The molecule has 2 aromatic carbocycles. The molecule has 0 bridgehead atoms. The van der Waals surface area contributed by atoms with Crippen LogP contribution in [0.2, 0.25) is 0 Å². The maximum absolute atomic E-state index is 12.8. The summed E-state index contributed by atoms with van der Waals surface area (Å²) in [5.74, 6) is 1.13. The largest absolute Gasteiger partial charge is 0.497 e. The zero-order chi connectivity index (χ0) is 26.6. The van der Waals surface area contributed by atoms with Gasteiger partial charge in [-0.05, 0) is 63.4 Å². The van der Waals surface area contributed by atoms with Gasteiger partial charge in [-0.25, -0.2) is 0 Å². The molecule has 0 spiro atoms. The predicted molar refractivity (Wildman–Crippen MR) is 158 cm³/mol. The average Bonchev–Trinajstić information content (AvgIpc) is 3.61. The number of benzene rings is 2. The number of methoxy groups -OCH3 is 1. The van der Waals surface area contributed by atoms with Crippen molar-refractivity contribution >= 4 is 28.7 Å². The molecule has 37 heavy (non-hydrogen) atoms. The number of anilines is 4. The molecule has 1 aliphatic heterocycles. The number of hydrogen-bond donors (Lipinski definition) is 3. The number of hydrogen-bond acceptors (Lipinski definition) is 5. The standard InChI is InChI=1S/C24H32N4O2.C7H10/c1-4-28(5-2)22-15-20-19(14-21(22)27-24(29)17-8-6-7-9-17)25-23(26-20)16-10-12-18(30-3)13-11-16;1-3-5-7-6-4-2/h10-15,17,23,25-26H,4-9H2,1-3H3,(H,27,29);3-7H,1H2,2H3/b;6-4-,7-5-. The van der Waals surface area contributed by atoms with Gasteiger partial charge in [-0.1, -0.05) is 61.9 Å². The minimum Gasteiger partial charge on any atom is -0.497 e. The molecule has 0 radical (unpaired) electrons. The number of rotatable bonds is 9. The van der Waals surface area contributed by atoms with E-state index in [9.17, 15) is 4.79 Å². The van der Waals surface area contributed by atoms with Crippen LogP contribution in [-0.2, 0) is 4.79 Å². The first-order valence-corrected chi connectivity index (χ1v) is 13.4. The summed E-state index contributed by atoms with van der Waals surface area (Å²) in [4.78, 5) is 15.1. The molecule has 0 aromatic heterocycles. The summed E-state index contributed by atoms with van der Waals surface area (Å²) in [7, 11) is 1.67. The van der Waals surface area contributed by atoms with Gasteiger partial charge < -0.3 is 25.6 Å². The SMILES string of the molecule is C=C/C=C\C=C/C.CCN(CC)c1cc2c(cc1NC(=O)C1CCCC1)NC(c1ccc(OC)cc1)N2. The third kappa shape index (κ3) is 7.42. The number of fused-ring (bicyclic) bond motifs is 1. The minimum atomic E-state index is -0.0174. The van der Waals surface area contributed by atoms with Crippen LogP contribution in [0.3, 0.4) is 0 Å². The summed E-state index contributed by atoms with van der Waals surface area (Å²) in [6.45, 7) is 11.6. The Balaban J connectivity index is 0.000000479. The monoisotopic (exact) mass is 502 g/mol. The number of nitrogens with zero attached hydrogens (tertiary/aromatic N) is 1. The fourth-order valence-corrected chi connectivity index (χ4v) is 4.74. The van der Waals surface area contributed by atoms with E-state index in [2.05, 4.69) is 65.5 Å². The Morgan fingerprint density at radius 3 is 2.27 bits per heavy atom. The molecule has 6 nitrogen and oxygen atoms in total. The second-order valence-corrected chi connectivity index (χ2v) is 9.20. The molecule has 1 amide bonds. The van der Waals surface area contributed by atoms with Crippen LogP contribution in [-0.4, -0.2) is 26.1 Å². The Morgan fingerprint density at radius 1 is 1.05 bits per heavy atom. The molecule has 1 unspecified atom stereocenters. The van der Waals surface area contributed by atoms with Gasteiger partial charge in [-0.2, -0.15) is 0 Å². The van der Waals surface area contributed by atoms with Crippen LogP contribution in [0.15, 0.2) is 73.4 Å². The van der Waals surface area contributed by atoms with Crippen LogP contribution in [0, 0.1) is 5.92 Å². The maximum atomic E-state index is 12.8. The molecule has 2 aromatic rings. The number of amides is 1. The molecular formula is C31H42N4O2. The van der Waals surface area contributed by atoms with Crippen LogP contribution in [0.1, 0.15) is 58.2 Å². The molecule has 1 fully saturated rings. The van der Waals surface area contributed by atoms with Gasteiger partial charge in [-0.3, -0.25) is 4.79 Å². The van der Waals surface area contributed by atoms with Crippen LogP contribution in [0.5, 0.6) is 5.75 Å². The van der Waals surface area contributed by atoms with Crippen LogP contribution in [0.25, 0.3) is 0 Å². The first-order chi connectivity index (χ1) is 18.0. The smallest absolute Gasteiger partial charge is 0.227 e. The van der Waals surface area contributed by atoms with Gasteiger partial charge in [0, 0.05) is 19.0 Å². The Labute approximate surface area is 222 Å². The first-order valence-electron chi connectivity index (χ1n) is 13.4. The summed E-state index contributed by atoms with van der Waals surface area (Å²) < 4.78 is 5.27. The van der Waals surface area contributed by atoms with Crippen LogP contribution >= 0.6 is 0 Å². The van der Waals surface area contributed by atoms with Gasteiger partial charge >= 0.3 is 0 Å². The van der Waals surface area contributed by atoms with Gasteiger partial charge in [0.15, 0.2) is 0 Å². The Hall–Kier alpha value is -3.67. The van der Waals surface area contributed by atoms with E-state index >= 15 is 0 Å². The van der Waals surface area contributed by atoms with Gasteiger partial charge in [0.25, 0.3) is 0 Å². The molecule has 1 aliphatic carbocycles. The van der Waals surface area contributed by atoms with Crippen molar-refractivity contribution in [2.75, 3.05) is 41.0 Å². The molecule has 1 heterocycles. The van der Waals surface area contributed by atoms with Crippen molar-refractivity contribution in [3.63, 3.8) is 0 Å². The summed E-state index contributed by atoms with van der Waals surface area (Å²) >= 11 is 0. The quantitative estimate of drug-likeness (QED) is 0.310. The molecule has 0 saturated heterocycles. The Morgan fingerprint density at radius 2 is 1.70 bits per heavy atom. The van der Waals surface area contributed by atoms with E-state index in [1.807, 2.05) is 43.4 Å². The zero-order valence-corrected chi connectivity index (χ0v) is 22.7. The maximum Gasteiger partial charge on any atom is 0.227 e. The van der Waals surface area contributed by atoms with Crippen molar-refractivity contribution in [3.05, 3.63) is 78.9 Å². The zero-order valence-electron chi connectivity index (χ0n) is 22.7. The summed E-state index contributed by atoms with van der Waals surface area (Å²) in [6, 6.07) is 12.3. The Kier molecular flexibility index (Phi) is 10.7. The van der Waals surface area contributed by atoms with Crippen molar-refractivity contribution in [1.29, 1.82) is 0 Å². The van der Waals surface area contributed by atoms with E-state index in [-0.39, 0.29) is 18.0 Å². The van der Waals surface area contributed by atoms with Crippen molar-refractivity contribution in [1.82, 2.24) is 0 Å². The molecule has 4 rings (SSSR count). The second kappa shape index (κ2) is 14.2. The summed E-state index contributed by atoms with van der Waals surface area (Å²) in [5.41, 5.74) is 5.15. The van der Waals surface area contributed by atoms with E-state index in [0.717, 1.165) is 72.8 Å². The number of nitrogens with one attached hydrogen (secondary N) is 3. The first kappa shape index (κ1) is 27.9. The predicted octanol–water partition coefficient (Wildman–Crippen LogP) is 7.51. The molecule has 198 valence electrons. The lowest BCUT2D eigenvalue weighted by atomic mass is 10.1. The lowest BCUT2D eigenvalue weighted by Crippen LogP contribution is -2.26. The average molecular weight is 503 g/mol. The van der Waals surface area contributed by atoms with Gasteiger partial charge in [0.05, 0.1) is 29.9 Å². The second-order valence-electron chi connectivity index (χ2n) is 9.20. The summed E-state index contributed by atoms with van der Waals surface area (Å²) in [6.07, 6.45) is 13.8. The highest BCUT2D eigenvalue weighted by Crippen LogP contribution is 2.42. The van der Waals surface area contributed by atoms with Crippen molar-refractivity contribution in [2.24, 2.45) is 5.92 Å². The molecule has 3 N–H and O–H groups in total. The fourth-order valence-electron chi connectivity index (χ4n) is 4.74. The molecule has 1 saturated carbocycles. The Bertz CT molecular complexity index is 1080. The van der Waals surface area contributed by atoms with E-state index in [4.69, 9.17) is 4.74 Å². The van der Waals surface area contributed by atoms with E-state index in [1.165, 1.54) is 0 Å². The van der Waals surface area contributed by atoms with Gasteiger partial charge in [0.2, 0.25) is 5.91 Å². The lowest BCUT2D eigenvalue weighted by Gasteiger charge is -2.25. The van der Waals surface area contributed by atoms with Gasteiger partial charge in [-0.15, -0.1) is 0 Å². The van der Waals surface area contributed by atoms with Crippen molar-refractivity contribution < 1.29 is 9.53 Å². The van der Waals surface area contributed by atoms with E-state index in [0.29, 0.717) is 0 Å². The number of carbonyl (C=O) groups is 1. The number of allylic oxidation sites excluding steroid dienone is 5. The number of ether oxygens (including phenoxy) is 1. The summed E-state index contributed by atoms with van der Waals surface area (Å²) in [5, 5.41) is 10.4. The molecule has 1 atom stereocenters. The lowest BCUT2D eigenvalue weighted by molar-refractivity contribution is -0.119. The molecule has 6 heteroatoms. The topological polar surface area (TPSA) is 65.6 Å². The molecular weight excluding hydrogens is 460 g/mol. The highest BCUT2D eigenvalue weighted by atomic mass is 16.5. The third-order valence-electron chi connectivity index (χ3n) is 6.82. The minimum absolute atomic E-state index is 0.0174. The molecule has 2 aliphatic rings. The van der Waals surface area contributed by atoms with E-state index < -0.39 is 0 Å².